The average molecular weight is 454 g/mol. The Kier molecular flexibility index (Phi) is 7.65. The zero-order valence-electron chi connectivity index (χ0n) is 19.2. The maximum Gasteiger partial charge on any atom is 0.283 e. The van der Waals surface area contributed by atoms with Crippen molar-refractivity contribution in [2.24, 2.45) is 0 Å². The Morgan fingerprint density at radius 3 is 2.23 bits per heavy atom. The van der Waals surface area contributed by atoms with E-state index in [1.807, 2.05) is 41.5 Å². The predicted molar refractivity (Wildman–Crippen MR) is 117 cm³/mol. The van der Waals surface area contributed by atoms with Crippen molar-refractivity contribution >= 4 is 15.9 Å². The molecule has 0 radical (unpaired) electrons. The van der Waals surface area contributed by atoms with Gasteiger partial charge in [-0.1, -0.05) is 27.7 Å². The first kappa shape index (κ1) is 25.0. The van der Waals surface area contributed by atoms with Crippen LogP contribution in [0.2, 0.25) is 0 Å². The van der Waals surface area contributed by atoms with Crippen LogP contribution in [0.4, 0.5) is 4.39 Å². The highest BCUT2D eigenvalue weighted by Gasteiger charge is 2.25. The summed E-state index contributed by atoms with van der Waals surface area (Å²) >= 11 is 0. The number of halogens is 1. The minimum Gasteiger partial charge on any atom is -0.377 e. The summed E-state index contributed by atoms with van der Waals surface area (Å²) in [6.07, 6.45) is 1.35. The van der Waals surface area contributed by atoms with Gasteiger partial charge in [-0.3, -0.25) is 9.48 Å². The minimum absolute atomic E-state index is 0.0209. The van der Waals surface area contributed by atoms with Crippen LogP contribution in [0.5, 0.6) is 0 Å². The van der Waals surface area contributed by atoms with Gasteiger partial charge in [0.1, 0.15) is 5.82 Å². The number of nitrogens with zero attached hydrogens (tertiary/aromatic N) is 2. The molecule has 0 aliphatic carbocycles. The quantitative estimate of drug-likeness (QED) is 0.625. The Balaban J connectivity index is 2.26. The van der Waals surface area contributed by atoms with Crippen LogP contribution in [-0.4, -0.2) is 36.8 Å². The number of hydrogen-bond donors (Lipinski definition) is 1. The van der Waals surface area contributed by atoms with E-state index < -0.39 is 21.5 Å². The molecular weight excluding hydrogens is 421 g/mol. The molecule has 0 saturated heterocycles. The topological polar surface area (TPSA) is 90.3 Å². The molecule has 7 nitrogen and oxygen atoms in total. The van der Waals surface area contributed by atoms with Gasteiger partial charge in [0.2, 0.25) is 5.91 Å². The molecule has 0 unspecified atom stereocenters. The van der Waals surface area contributed by atoms with E-state index >= 15 is 0 Å². The van der Waals surface area contributed by atoms with Gasteiger partial charge in [-0.15, -0.1) is 0 Å². The number of methoxy groups -OCH3 is 1. The summed E-state index contributed by atoms with van der Waals surface area (Å²) in [5.74, 6) is -1.10. The van der Waals surface area contributed by atoms with E-state index in [1.165, 1.54) is 29.1 Å². The highest BCUT2D eigenvalue weighted by atomic mass is 32.2. The van der Waals surface area contributed by atoms with Crippen LogP contribution in [0.15, 0.2) is 29.4 Å². The van der Waals surface area contributed by atoms with E-state index in [0.29, 0.717) is 23.2 Å². The number of ether oxygens (including phenoxy) is 1. The van der Waals surface area contributed by atoms with Crippen molar-refractivity contribution in [3.63, 3.8) is 0 Å². The summed E-state index contributed by atoms with van der Waals surface area (Å²) in [5.41, 5.74) is 1.52. The lowest BCUT2D eigenvalue weighted by atomic mass is 9.87. The van der Waals surface area contributed by atoms with Gasteiger partial charge in [0.15, 0.2) is 5.03 Å². The SMILES string of the molecule is COC(C)(C)Cn1ccc(S(=O)(=O)NC(=O)Cc2c(C(C)C)cc(F)cc2C(C)C)n1. The summed E-state index contributed by atoms with van der Waals surface area (Å²) < 4.78 is 48.3. The zero-order chi connectivity index (χ0) is 23.6. The number of carbonyl (C=O) groups excluding carboxylic acids is 1. The smallest absolute Gasteiger partial charge is 0.283 e. The van der Waals surface area contributed by atoms with Crippen LogP contribution in [-0.2, 0) is 32.5 Å². The third-order valence-electron chi connectivity index (χ3n) is 5.10. The fourth-order valence-electron chi connectivity index (χ4n) is 3.34. The van der Waals surface area contributed by atoms with Crippen molar-refractivity contribution in [1.82, 2.24) is 14.5 Å². The number of rotatable bonds is 9. The Morgan fingerprint density at radius 2 is 1.74 bits per heavy atom. The van der Waals surface area contributed by atoms with Gasteiger partial charge in [-0.05, 0) is 60.6 Å². The lowest BCUT2D eigenvalue weighted by molar-refractivity contribution is -0.118. The maximum atomic E-state index is 14.1. The number of carbonyl (C=O) groups is 1. The van der Waals surface area contributed by atoms with Crippen molar-refractivity contribution in [1.29, 1.82) is 0 Å². The van der Waals surface area contributed by atoms with Gasteiger partial charge in [0, 0.05) is 13.3 Å². The normalized spacial score (nSPS) is 12.6. The molecule has 9 heteroatoms. The predicted octanol–water partition coefficient (Wildman–Crippen LogP) is 3.74. The molecule has 0 spiro atoms. The summed E-state index contributed by atoms with van der Waals surface area (Å²) in [5, 5.41) is 3.81. The van der Waals surface area contributed by atoms with Crippen molar-refractivity contribution < 1.29 is 22.3 Å². The van der Waals surface area contributed by atoms with Crippen molar-refractivity contribution in [3.8, 4) is 0 Å². The molecule has 1 heterocycles. The number of hydrogen-bond acceptors (Lipinski definition) is 5. The average Bonchev–Trinajstić information content (AvgIpc) is 3.10. The molecule has 2 aromatic rings. The van der Waals surface area contributed by atoms with Gasteiger partial charge in [0.05, 0.1) is 18.6 Å². The minimum atomic E-state index is -4.14. The van der Waals surface area contributed by atoms with E-state index in [2.05, 4.69) is 9.82 Å². The molecule has 0 aliphatic rings. The maximum absolute atomic E-state index is 14.1. The van der Waals surface area contributed by atoms with Crippen LogP contribution in [0.3, 0.4) is 0 Å². The summed E-state index contributed by atoms with van der Waals surface area (Å²) in [4.78, 5) is 12.7. The van der Waals surface area contributed by atoms with E-state index in [-0.39, 0.29) is 29.1 Å². The molecule has 0 atom stereocenters. The molecule has 1 N–H and O–H groups in total. The molecule has 31 heavy (non-hydrogen) atoms. The second-order valence-electron chi connectivity index (χ2n) is 8.89. The summed E-state index contributed by atoms with van der Waals surface area (Å²) in [6.45, 7) is 11.7. The van der Waals surface area contributed by atoms with E-state index in [0.717, 1.165) is 0 Å². The fraction of sp³-hybridized carbons (Fsp3) is 0.545. The highest BCUT2D eigenvalue weighted by Crippen LogP contribution is 2.29. The van der Waals surface area contributed by atoms with Crippen LogP contribution in [0.25, 0.3) is 0 Å². The lowest BCUT2D eigenvalue weighted by Gasteiger charge is -2.22. The second-order valence-corrected chi connectivity index (χ2v) is 10.5. The van der Waals surface area contributed by atoms with Gasteiger partial charge in [0.25, 0.3) is 10.0 Å². The third kappa shape index (κ3) is 6.36. The number of amides is 1. The number of nitrogens with one attached hydrogen (secondary N) is 1. The zero-order valence-corrected chi connectivity index (χ0v) is 20.0. The third-order valence-corrected chi connectivity index (χ3v) is 6.36. The first-order chi connectivity index (χ1) is 14.3. The summed E-state index contributed by atoms with van der Waals surface area (Å²) in [7, 11) is -2.58. The number of aromatic nitrogens is 2. The molecule has 1 aromatic heterocycles. The van der Waals surface area contributed by atoms with Crippen molar-refractivity contribution in [2.45, 2.75) is 77.0 Å². The Morgan fingerprint density at radius 1 is 1.19 bits per heavy atom. The Hall–Kier alpha value is -2.26. The van der Waals surface area contributed by atoms with Gasteiger partial charge in [-0.25, -0.2) is 9.11 Å². The van der Waals surface area contributed by atoms with Crippen LogP contribution in [0, 0.1) is 5.82 Å². The lowest BCUT2D eigenvalue weighted by Crippen LogP contribution is -2.33. The summed E-state index contributed by atoms with van der Waals surface area (Å²) in [6, 6.07) is 4.15. The largest absolute Gasteiger partial charge is 0.377 e. The van der Waals surface area contributed by atoms with Gasteiger partial charge < -0.3 is 4.74 Å². The van der Waals surface area contributed by atoms with Crippen molar-refractivity contribution in [2.75, 3.05) is 7.11 Å². The fourth-order valence-corrected chi connectivity index (χ4v) is 4.27. The van der Waals surface area contributed by atoms with E-state index in [9.17, 15) is 17.6 Å². The number of benzene rings is 1. The second kappa shape index (κ2) is 9.48. The highest BCUT2D eigenvalue weighted by molar-refractivity contribution is 7.90. The molecule has 2 rings (SSSR count). The molecule has 0 saturated carbocycles. The first-order valence-electron chi connectivity index (χ1n) is 10.2. The van der Waals surface area contributed by atoms with Crippen LogP contribution < -0.4 is 4.72 Å². The molecule has 0 bridgehead atoms. The molecule has 172 valence electrons. The Bertz CT molecular complexity index is 1010. The van der Waals surface area contributed by atoms with Gasteiger partial charge in [-0.2, -0.15) is 13.5 Å². The monoisotopic (exact) mass is 453 g/mol. The van der Waals surface area contributed by atoms with Crippen molar-refractivity contribution in [3.05, 3.63) is 46.9 Å². The van der Waals surface area contributed by atoms with Crippen LogP contribution in [0.1, 0.15) is 70.1 Å². The van der Waals surface area contributed by atoms with Gasteiger partial charge >= 0.3 is 0 Å². The van der Waals surface area contributed by atoms with Crippen LogP contribution >= 0.6 is 0 Å². The number of sulfonamides is 1. The van der Waals surface area contributed by atoms with E-state index in [1.54, 1.807) is 7.11 Å². The molecule has 0 fully saturated rings. The standard InChI is InChI=1S/C22H32FN3O4S/c1-14(2)17-10-16(23)11-18(15(3)4)19(17)12-20(27)25-31(28,29)21-8-9-26(24-21)13-22(5,6)30-7/h8-11,14-15H,12-13H2,1-7H3,(H,25,27). The van der Waals surface area contributed by atoms with E-state index in [4.69, 9.17) is 4.74 Å². The molecular formula is C22H32FN3O4S. The molecule has 1 aromatic carbocycles. The molecule has 0 aliphatic heterocycles. The Labute approximate surface area is 184 Å². The molecule has 1 amide bonds. The first-order valence-corrected chi connectivity index (χ1v) is 11.7.